The molecule has 9 heteroatoms. The van der Waals surface area contributed by atoms with Crippen LogP contribution in [0.3, 0.4) is 0 Å². The summed E-state index contributed by atoms with van der Waals surface area (Å²) in [7, 11) is 0. The van der Waals surface area contributed by atoms with Crippen LogP contribution in [0.2, 0.25) is 0 Å². The number of aromatic nitrogens is 2. The van der Waals surface area contributed by atoms with Gasteiger partial charge in [0.05, 0.1) is 22.8 Å². The minimum atomic E-state index is -0.277. The standard InChI is InChI=1S/C16H23FN8.C2H6/c1-10-15(11(2)21-20-10)25-7-5-24(6-8-25)14-9-12(3-4-13(14)17)16(18)22-23-19;1-2/h3-4,9,23H,5-8,19H2,1-2H3,(H2,18,22)(H,20,21);1-2H3. The second-order valence-electron chi connectivity index (χ2n) is 6.05. The number of hydrogen-bond acceptors (Lipinski definition) is 6. The van der Waals surface area contributed by atoms with Crippen LogP contribution >= 0.6 is 0 Å². The van der Waals surface area contributed by atoms with Crippen molar-refractivity contribution >= 4 is 17.2 Å². The summed E-state index contributed by atoms with van der Waals surface area (Å²) in [5.41, 5.74) is 12.3. The number of H-pyrrole nitrogens is 1. The molecule has 2 heterocycles. The molecule has 3 rings (SSSR count). The summed E-state index contributed by atoms with van der Waals surface area (Å²) in [4.78, 5) is 4.30. The van der Waals surface area contributed by atoms with Gasteiger partial charge in [-0.3, -0.25) is 5.10 Å². The van der Waals surface area contributed by atoms with Gasteiger partial charge in [0, 0.05) is 31.7 Å². The Kier molecular flexibility index (Phi) is 7.00. The van der Waals surface area contributed by atoms with Crippen molar-refractivity contribution in [2.45, 2.75) is 27.7 Å². The minimum Gasteiger partial charge on any atom is -0.382 e. The molecule has 0 unspecified atom stereocenters. The lowest BCUT2D eigenvalue weighted by molar-refractivity contribution is 0.597. The van der Waals surface area contributed by atoms with Crippen molar-refractivity contribution in [1.82, 2.24) is 15.7 Å². The molecule has 0 atom stereocenters. The number of hydrazone groups is 1. The summed E-state index contributed by atoms with van der Waals surface area (Å²) in [5, 5.41) is 11.0. The summed E-state index contributed by atoms with van der Waals surface area (Å²) in [6, 6.07) is 4.69. The lowest BCUT2D eigenvalue weighted by Crippen LogP contribution is -2.47. The van der Waals surface area contributed by atoms with E-state index < -0.39 is 0 Å². The van der Waals surface area contributed by atoms with E-state index in [0.717, 1.165) is 30.2 Å². The topological polar surface area (TPSA) is 112 Å². The number of hydrogen-bond donors (Lipinski definition) is 4. The highest BCUT2D eigenvalue weighted by Crippen LogP contribution is 2.27. The van der Waals surface area contributed by atoms with Crippen LogP contribution in [0.5, 0.6) is 0 Å². The van der Waals surface area contributed by atoms with E-state index in [-0.39, 0.29) is 11.7 Å². The third kappa shape index (κ3) is 4.48. The fraction of sp³-hybridized carbons (Fsp3) is 0.444. The lowest BCUT2D eigenvalue weighted by atomic mass is 10.1. The van der Waals surface area contributed by atoms with E-state index in [0.29, 0.717) is 24.3 Å². The van der Waals surface area contributed by atoms with Gasteiger partial charge in [-0.1, -0.05) is 13.8 Å². The molecular formula is C18H29FN8. The average Bonchev–Trinajstić information content (AvgIpc) is 3.02. The number of rotatable bonds is 4. The summed E-state index contributed by atoms with van der Waals surface area (Å²) in [6.07, 6.45) is 0. The van der Waals surface area contributed by atoms with Crippen LogP contribution in [0, 0.1) is 19.7 Å². The van der Waals surface area contributed by atoms with Crippen LogP contribution in [-0.2, 0) is 0 Å². The first kappa shape index (κ1) is 20.5. The van der Waals surface area contributed by atoms with E-state index in [4.69, 9.17) is 11.6 Å². The third-order valence-corrected chi connectivity index (χ3v) is 4.45. The molecular weight excluding hydrogens is 347 g/mol. The molecule has 0 spiro atoms. The zero-order chi connectivity index (χ0) is 20.0. The SMILES string of the molecule is CC.Cc1n[nH]c(C)c1N1CCN(c2cc(/C(N)=N/NN)ccc2F)CC1. The molecule has 1 aromatic heterocycles. The van der Waals surface area contributed by atoms with Gasteiger partial charge in [-0.2, -0.15) is 5.10 Å². The molecule has 8 nitrogen and oxygen atoms in total. The van der Waals surface area contributed by atoms with E-state index in [9.17, 15) is 4.39 Å². The number of nitrogens with zero attached hydrogens (tertiary/aromatic N) is 4. The maximum atomic E-state index is 14.3. The van der Waals surface area contributed by atoms with Crippen molar-refractivity contribution in [3.05, 3.63) is 41.0 Å². The molecule has 1 aromatic carbocycles. The summed E-state index contributed by atoms with van der Waals surface area (Å²) in [5.74, 6) is 5.09. The molecule has 0 amide bonds. The molecule has 6 N–H and O–H groups in total. The summed E-state index contributed by atoms with van der Waals surface area (Å²) < 4.78 is 14.3. The van der Waals surface area contributed by atoms with Crippen molar-refractivity contribution < 1.29 is 4.39 Å². The number of halogens is 1. The Bertz CT molecular complexity index is 758. The van der Waals surface area contributed by atoms with E-state index in [1.54, 1.807) is 12.1 Å². The fourth-order valence-electron chi connectivity index (χ4n) is 3.23. The van der Waals surface area contributed by atoms with Crippen LogP contribution in [0.1, 0.15) is 30.8 Å². The number of nitrogens with two attached hydrogens (primary N) is 2. The van der Waals surface area contributed by atoms with E-state index in [1.807, 2.05) is 32.6 Å². The molecule has 0 bridgehead atoms. The van der Waals surface area contributed by atoms with E-state index in [2.05, 4.69) is 25.7 Å². The molecule has 1 aliphatic heterocycles. The molecule has 0 saturated carbocycles. The van der Waals surface area contributed by atoms with Crippen molar-refractivity contribution in [3.8, 4) is 0 Å². The van der Waals surface area contributed by atoms with E-state index >= 15 is 0 Å². The lowest BCUT2D eigenvalue weighted by Gasteiger charge is -2.37. The van der Waals surface area contributed by atoms with Gasteiger partial charge in [0.25, 0.3) is 0 Å². The number of aryl methyl sites for hydroxylation is 2. The van der Waals surface area contributed by atoms with Gasteiger partial charge >= 0.3 is 0 Å². The first-order valence-electron chi connectivity index (χ1n) is 9.11. The quantitative estimate of drug-likeness (QED) is 0.279. The number of nitrogens with one attached hydrogen (secondary N) is 2. The van der Waals surface area contributed by atoms with Gasteiger partial charge in [0.15, 0.2) is 5.84 Å². The maximum absolute atomic E-state index is 14.3. The predicted octanol–water partition coefficient (Wildman–Crippen LogP) is 1.60. The highest BCUT2D eigenvalue weighted by atomic mass is 19.1. The number of benzene rings is 1. The molecule has 1 fully saturated rings. The third-order valence-electron chi connectivity index (χ3n) is 4.45. The van der Waals surface area contributed by atoms with Crippen LogP contribution in [0.4, 0.5) is 15.8 Å². The van der Waals surface area contributed by atoms with Crippen molar-refractivity contribution in [2.24, 2.45) is 16.7 Å². The smallest absolute Gasteiger partial charge is 0.152 e. The van der Waals surface area contributed by atoms with Gasteiger partial charge in [0.2, 0.25) is 0 Å². The van der Waals surface area contributed by atoms with Gasteiger partial charge in [-0.15, -0.1) is 5.10 Å². The van der Waals surface area contributed by atoms with Gasteiger partial charge in [0.1, 0.15) is 5.82 Å². The van der Waals surface area contributed by atoms with Crippen LogP contribution in [-0.4, -0.2) is 42.2 Å². The van der Waals surface area contributed by atoms with Crippen molar-refractivity contribution in [1.29, 1.82) is 0 Å². The van der Waals surface area contributed by atoms with Crippen LogP contribution in [0.25, 0.3) is 0 Å². The fourth-order valence-corrected chi connectivity index (χ4v) is 3.23. The summed E-state index contributed by atoms with van der Waals surface area (Å²) in [6.45, 7) is 11.0. The van der Waals surface area contributed by atoms with Crippen molar-refractivity contribution in [3.63, 3.8) is 0 Å². The number of anilines is 2. The summed E-state index contributed by atoms with van der Waals surface area (Å²) >= 11 is 0. The van der Waals surface area contributed by atoms with Gasteiger partial charge in [-0.05, 0) is 32.0 Å². The highest BCUT2D eigenvalue weighted by molar-refractivity contribution is 5.98. The Labute approximate surface area is 159 Å². The number of piperazine rings is 1. The predicted molar refractivity (Wildman–Crippen MR) is 108 cm³/mol. The van der Waals surface area contributed by atoms with Gasteiger partial charge < -0.3 is 15.5 Å². The van der Waals surface area contributed by atoms with Crippen LogP contribution < -0.4 is 26.9 Å². The number of amidine groups is 1. The Morgan fingerprint density at radius 2 is 1.81 bits per heavy atom. The first-order chi connectivity index (χ1) is 13.0. The highest BCUT2D eigenvalue weighted by Gasteiger charge is 2.23. The molecule has 1 aliphatic rings. The Hall–Kier alpha value is -2.81. The Balaban J connectivity index is 0.00000126. The zero-order valence-electron chi connectivity index (χ0n) is 16.4. The zero-order valence-corrected chi connectivity index (χ0v) is 16.4. The second-order valence-corrected chi connectivity index (χ2v) is 6.05. The normalized spacial score (nSPS) is 14.7. The Morgan fingerprint density at radius 1 is 1.19 bits per heavy atom. The van der Waals surface area contributed by atoms with Crippen molar-refractivity contribution in [2.75, 3.05) is 36.0 Å². The minimum absolute atomic E-state index is 0.215. The van der Waals surface area contributed by atoms with Crippen LogP contribution in [0.15, 0.2) is 23.3 Å². The molecule has 27 heavy (non-hydrogen) atoms. The van der Waals surface area contributed by atoms with E-state index in [1.165, 1.54) is 6.07 Å². The Morgan fingerprint density at radius 3 is 2.37 bits per heavy atom. The second kappa shape index (κ2) is 9.22. The molecule has 0 aliphatic carbocycles. The molecule has 148 valence electrons. The van der Waals surface area contributed by atoms with Gasteiger partial charge in [-0.25, -0.2) is 15.8 Å². The average molecular weight is 376 g/mol. The monoisotopic (exact) mass is 376 g/mol. The molecule has 2 aromatic rings. The number of hydrazine groups is 1. The largest absolute Gasteiger partial charge is 0.382 e. The maximum Gasteiger partial charge on any atom is 0.152 e. The first-order valence-corrected chi connectivity index (χ1v) is 9.11. The molecule has 0 radical (unpaired) electrons. The number of aromatic amines is 1. The molecule has 1 saturated heterocycles.